The van der Waals surface area contributed by atoms with Crippen LogP contribution in [0.15, 0.2) is 23.3 Å². The summed E-state index contributed by atoms with van der Waals surface area (Å²) in [4.78, 5) is 22.6. The second-order valence-electron chi connectivity index (χ2n) is 8.48. The maximum Gasteiger partial charge on any atom is 0.220 e. The molecule has 1 fully saturated rings. The second kappa shape index (κ2) is 17.0. The molecule has 0 aromatic carbocycles. The van der Waals surface area contributed by atoms with Crippen molar-refractivity contribution in [2.45, 2.75) is 77.7 Å². The molecule has 1 aromatic rings. The van der Waals surface area contributed by atoms with Gasteiger partial charge < -0.3 is 21.3 Å². The Morgan fingerprint density at radius 3 is 2.41 bits per heavy atom. The predicted molar refractivity (Wildman–Crippen MR) is 145 cm³/mol. The van der Waals surface area contributed by atoms with Crippen LogP contribution in [0.3, 0.4) is 0 Å². The van der Waals surface area contributed by atoms with Gasteiger partial charge in [0.15, 0.2) is 5.96 Å². The maximum atomic E-state index is 11.4. The summed E-state index contributed by atoms with van der Waals surface area (Å²) in [5.41, 5.74) is 6.60. The Kier molecular flexibility index (Phi) is 15.1. The molecule has 2 rings (SSSR count). The third-order valence-corrected chi connectivity index (χ3v) is 6.06. The zero-order valence-corrected chi connectivity index (χ0v) is 22.3. The molecule has 8 heteroatoms. The number of halogens is 1. The van der Waals surface area contributed by atoms with E-state index in [0.717, 1.165) is 49.8 Å². The third-order valence-electron chi connectivity index (χ3n) is 6.06. The number of amides is 1. The molecule has 0 spiro atoms. The smallest absolute Gasteiger partial charge is 0.220 e. The third kappa shape index (κ3) is 10.4. The topological polar surface area (TPSA) is 95.6 Å². The van der Waals surface area contributed by atoms with Crippen LogP contribution in [0.4, 0.5) is 5.82 Å². The molecule has 0 unspecified atom stereocenters. The summed E-state index contributed by atoms with van der Waals surface area (Å²) >= 11 is 0. The number of pyridine rings is 1. The van der Waals surface area contributed by atoms with E-state index in [4.69, 9.17) is 5.73 Å². The molecule has 0 atom stereocenters. The van der Waals surface area contributed by atoms with Crippen LogP contribution in [-0.2, 0) is 11.3 Å². The van der Waals surface area contributed by atoms with Crippen LogP contribution in [0.1, 0.15) is 76.7 Å². The van der Waals surface area contributed by atoms with Gasteiger partial charge in [0.05, 0.1) is 0 Å². The van der Waals surface area contributed by atoms with E-state index in [0.29, 0.717) is 6.54 Å². The van der Waals surface area contributed by atoms with Gasteiger partial charge in [-0.05, 0) is 25.3 Å². The van der Waals surface area contributed by atoms with Crippen LogP contribution in [-0.4, -0.2) is 43.5 Å². The number of primary amides is 1. The summed E-state index contributed by atoms with van der Waals surface area (Å²) in [6.45, 7) is 5.48. The van der Waals surface area contributed by atoms with Gasteiger partial charge in [-0.1, -0.05) is 57.9 Å². The fourth-order valence-electron chi connectivity index (χ4n) is 4.09. The fraction of sp³-hybridized carbons (Fsp3) is 0.708. The van der Waals surface area contributed by atoms with Crippen LogP contribution < -0.4 is 21.3 Å². The minimum absolute atomic E-state index is 0. The predicted octanol–water partition coefficient (Wildman–Crippen LogP) is 4.21. The van der Waals surface area contributed by atoms with Gasteiger partial charge in [-0.15, -0.1) is 24.0 Å². The molecule has 1 saturated heterocycles. The van der Waals surface area contributed by atoms with E-state index in [9.17, 15) is 4.79 Å². The van der Waals surface area contributed by atoms with Crippen molar-refractivity contribution in [2.75, 3.05) is 31.6 Å². The number of unbranched alkanes of at least 4 members (excludes halogenated alkanes) is 7. The number of hydrogen-bond acceptors (Lipinski definition) is 4. The number of carbonyl (C=O) groups is 1. The Balaban J connectivity index is 0.00000512. The number of nitrogens with zero attached hydrogens (tertiary/aromatic N) is 3. The fourth-order valence-corrected chi connectivity index (χ4v) is 4.09. The van der Waals surface area contributed by atoms with E-state index < -0.39 is 0 Å². The van der Waals surface area contributed by atoms with Gasteiger partial charge >= 0.3 is 0 Å². The Labute approximate surface area is 211 Å². The lowest BCUT2D eigenvalue weighted by atomic mass is 9.96. The van der Waals surface area contributed by atoms with E-state index in [1.54, 1.807) is 0 Å². The quantitative estimate of drug-likeness (QED) is 0.146. The summed E-state index contributed by atoms with van der Waals surface area (Å²) in [5.74, 6) is 1.61. The molecule has 1 aliphatic heterocycles. The molecule has 4 N–H and O–H groups in total. The molecule has 182 valence electrons. The first-order valence-corrected chi connectivity index (χ1v) is 12.1. The average molecular weight is 559 g/mol. The maximum absolute atomic E-state index is 11.4. The van der Waals surface area contributed by atoms with Gasteiger partial charge in [0, 0.05) is 50.9 Å². The van der Waals surface area contributed by atoms with Crippen molar-refractivity contribution < 1.29 is 4.79 Å². The van der Waals surface area contributed by atoms with Crippen LogP contribution in [0.5, 0.6) is 0 Å². The molecule has 7 nitrogen and oxygen atoms in total. The molecule has 0 bridgehead atoms. The molecule has 0 aliphatic carbocycles. The van der Waals surface area contributed by atoms with Crippen molar-refractivity contribution in [1.29, 1.82) is 0 Å². The lowest BCUT2D eigenvalue weighted by molar-refractivity contribution is -0.122. The zero-order chi connectivity index (χ0) is 22.3. The highest BCUT2D eigenvalue weighted by Crippen LogP contribution is 2.24. The van der Waals surface area contributed by atoms with Gasteiger partial charge in [-0.2, -0.15) is 0 Å². The highest BCUT2D eigenvalue weighted by atomic mass is 127. The Morgan fingerprint density at radius 1 is 1.12 bits per heavy atom. The number of nitrogens with two attached hydrogens (primary N) is 1. The summed E-state index contributed by atoms with van der Waals surface area (Å²) in [6.07, 6.45) is 14.0. The van der Waals surface area contributed by atoms with Gasteiger partial charge in [0.1, 0.15) is 5.82 Å². The van der Waals surface area contributed by atoms with E-state index in [2.05, 4.69) is 38.5 Å². The van der Waals surface area contributed by atoms with Gasteiger partial charge in [0.2, 0.25) is 5.91 Å². The number of rotatable bonds is 13. The van der Waals surface area contributed by atoms with E-state index in [-0.39, 0.29) is 35.8 Å². The highest BCUT2D eigenvalue weighted by molar-refractivity contribution is 14.0. The molecule has 32 heavy (non-hydrogen) atoms. The first-order valence-electron chi connectivity index (χ1n) is 12.1. The number of hydrogen-bond donors (Lipinski definition) is 3. The van der Waals surface area contributed by atoms with Crippen LogP contribution in [0.2, 0.25) is 0 Å². The molecule has 1 aromatic heterocycles. The van der Waals surface area contributed by atoms with E-state index in [1.165, 1.54) is 51.4 Å². The normalized spacial score (nSPS) is 14.7. The number of aromatic nitrogens is 1. The minimum Gasteiger partial charge on any atom is -0.369 e. The van der Waals surface area contributed by atoms with Crippen molar-refractivity contribution in [2.24, 2.45) is 16.6 Å². The summed E-state index contributed by atoms with van der Waals surface area (Å²) in [5, 5.41) is 6.84. The summed E-state index contributed by atoms with van der Waals surface area (Å²) < 4.78 is 0. The average Bonchev–Trinajstić information content (AvgIpc) is 2.80. The largest absolute Gasteiger partial charge is 0.369 e. The number of aliphatic imine (C=N–C) groups is 1. The van der Waals surface area contributed by atoms with Crippen molar-refractivity contribution in [3.8, 4) is 0 Å². The molecule has 1 amide bonds. The first kappa shape index (κ1) is 28.5. The molecule has 2 heterocycles. The van der Waals surface area contributed by atoms with Crippen molar-refractivity contribution >= 4 is 41.7 Å². The van der Waals surface area contributed by atoms with E-state index >= 15 is 0 Å². The molecular formula is C24H43IN6O. The number of piperidine rings is 1. The number of nitrogens with one attached hydrogen (secondary N) is 2. The van der Waals surface area contributed by atoms with Gasteiger partial charge in [-0.3, -0.25) is 9.79 Å². The number of anilines is 1. The second-order valence-corrected chi connectivity index (χ2v) is 8.48. The van der Waals surface area contributed by atoms with Crippen molar-refractivity contribution in [3.05, 3.63) is 23.9 Å². The van der Waals surface area contributed by atoms with E-state index in [1.807, 2.05) is 19.3 Å². The number of carbonyl (C=O) groups excluding carboxylic acids is 1. The molecule has 1 aliphatic rings. The summed E-state index contributed by atoms with van der Waals surface area (Å²) in [7, 11) is 1.81. The van der Waals surface area contributed by atoms with Gasteiger partial charge in [-0.25, -0.2) is 4.98 Å². The van der Waals surface area contributed by atoms with Crippen molar-refractivity contribution in [1.82, 2.24) is 15.6 Å². The van der Waals surface area contributed by atoms with Crippen LogP contribution in [0, 0.1) is 5.92 Å². The molecular weight excluding hydrogens is 515 g/mol. The zero-order valence-electron chi connectivity index (χ0n) is 19.9. The van der Waals surface area contributed by atoms with Crippen molar-refractivity contribution in [3.63, 3.8) is 0 Å². The SMILES string of the molecule is CCCCCCCCCCNC(=NC)NCc1cccnc1N1CCC(C(N)=O)CC1.I. The minimum atomic E-state index is -0.186. The summed E-state index contributed by atoms with van der Waals surface area (Å²) in [6, 6.07) is 4.06. The van der Waals surface area contributed by atoms with Crippen LogP contribution >= 0.6 is 24.0 Å². The standard InChI is InChI=1S/C24H42N6O.HI/c1-3-4-5-6-7-8-9-10-15-28-24(26-2)29-19-21-12-11-16-27-23(21)30-17-13-20(14-18-30)22(25)31;/h11-12,16,20H,3-10,13-15,17-19H2,1-2H3,(H2,25,31)(H2,26,28,29);1H. The monoisotopic (exact) mass is 558 g/mol. The first-order chi connectivity index (χ1) is 15.2. The lowest BCUT2D eigenvalue weighted by Crippen LogP contribution is -2.40. The Bertz CT molecular complexity index is 676. The number of guanidine groups is 1. The molecule has 0 saturated carbocycles. The van der Waals surface area contributed by atoms with Crippen LogP contribution in [0.25, 0.3) is 0 Å². The Morgan fingerprint density at radius 2 is 1.78 bits per heavy atom. The van der Waals surface area contributed by atoms with Gasteiger partial charge in [0.25, 0.3) is 0 Å². The highest BCUT2D eigenvalue weighted by Gasteiger charge is 2.24. The lowest BCUT2D eigenvalue weighted by Gasteiger charge is -2.32. The molecule has 0 radical (unpaired) electrons. The Hall–Kier alpha value is -1.58.